The van der Waals surface area contributed by atoms with E-state index < -0.39 is 10.0 Å². The summed E-state index contributed by atoms with van der Waals surface area (Å²) in [6, 6.07) is 4.88. The van der Waals surface area contributed by atoms with E-state index in [1.54, 1.807) is 29.2 Å². The highest BCUT2D eigenvalue weighted by Gasteiger charge is 2.16. The summed E-state index contributed by atoms with van der Waals surface area (Å²) in [7, 11) is -3.57. The molecular formula is C12H17N5O2S. The Morgan fingerprint density at radius 2 is 2.20 bits per heavy atom. The summed E-state index contributed by atoms with van der Waals surface area (Å²) >= 11 is 0. The third-order valence-corrected chi connectivity index (χ3v) is 4.32. The molecule has 7 nitrogen and oxygen atoms in total. The second-order valence-electron chi connectivity index (χ2n) is 4.46. The van der Waals surface area contributed by atoms with E-state index >= 15 is 0 Å². The van der Waals surface area contributed by atoms with Crippen molar-refractivity contribution in [2.75, 3.05) is 12.3 Å². The van der Waals surface area contributed by atoms with Crippen molar-refractivity contribution in [3.05, 3.63) is 36.2 Å². The lowest BCUT2D eigenvalue weighted by atomic mass is 10.2. The van der Waals surface area contributed by atoms with Crippen molar-refractivity contribution in [2.45, 2.75) is 24.8 Å². The fourth-order valence-corrected chi connectivity index (χ4v) is 2.97. The Morgan fingerprint density at radius 3 is 2.85 bits per heavy atom. The minimum Gasteiger partial charge on any atom is -0.398 e. The summed E-state index contributed by atoms with van der Waals surface area (Å²) in [6.07, 6.45) is 3.93. The lowest BCUT2D eigenvalue weighted by Gasteiger charge is -2.09. The van der Waals surface area contributed by atoms with Gasteiger partial charge in [-0.1, -0.05) is 11.3 Å². The molecule has 0 aliphatic carbocycles. The van der Waals surface area contributed by atoms with Crippen molar-refractivity contribution in [2.24, 2.45) is 0 Å². The number of aryl methyl sites for hydroxylation is 2. The molecule has 1 aromatic heterocycles. The van der Waals surface area contributed by atoms with Crippen LogP contribution in [0.4, 0.5) is 5.69 Å². The fraction of sp³-hybridized carbons (Fsp3) is 0.333. The van der Waals surface area contributed by atoms with E-state index in [0.717, 1.165) is 5.56 Å². The van der Waals surface area contributed by atoms with Crippen LogP contribution in [0, 0.1) is 6.92 Å². The third kappa shape index (κ3) is 3.55. The topological polar surface area (TPSA) is 103 Å². The Morgan fingerprint density at radius 1 is 1.40 bits per heavy atom. The lowest BCUT2D eigenvalue weighted by molar-refractivity contribution is 0.542. The van der Waals surface area contributed by atoms with Crippen LogP contribution < -0.4 is 10.5 Å². The summed E-state index contributed by atoms with van der Waals surface area (Å²) in [5.74, 6) is 0. The van der Waals surface area contributed by atoms with Crippen LogP contribution in [0.1, 0.15) is 12.0 Å². The monoisotopic (exact) mass is 295 g/mol. The number of benzene rings is 1. The Kier molecular flexibility index (Phi) is 4.35. The highest BCUT2D eigenvalue weighted by molar-refractivity contribution is 7.89. The molecule has 0 amide bonds. The van der Waals surface area contributed by atoms with Crippen molar-refractivity contribution in [3.63, 3.8) is 0 Å². The summed E-state index contributed by atoms with van der Waals surface area (Å²) < 4.78 is 28.4. The first-order valence-corrected chi connectivity index (χ1v) is 7.67. The molecule has 0 atom stereocenters. The van der Waals surface area contributed by atoms with Gasteiger partial charge in [0, 0.05) is 19.3 Å². The normalized spacial score (nSPS) is 11.7. The molecule has 0 saturated heterocycles. The summed E-state index contributed by atoms with van der Waals surface area (Å²) in [4.78, 5) is 0.115. The van der Waals surface area contributed by atoms with E-state index in [4.69, 9.17) is 5.73 Å². The van der Waals surface area contributed by atoms with Crippen LogP contribution in [0.5, 0.6) is 0 Å². The second kappa shape index (κ2) is 6.02. The molecule has 108 valence electrons. The quantitative estimate of drug-likeness (QED) is 0.598. The maximum Gasteiger partial charge on any atom is 0.242 e. The largest absolute Gasteiger partial charge is 0.398 e. The smallest absolute Gasteiger partial charge is 0.242 e. The van der Waals surface area contributed by atoms with Gasteiger partial charge in [-0.05, 0) is 31.0 Å². The van der Waals surface area contributed by atoms with Crippen LogP contribution >= 0.6 is 0 Å². The molecule has 0 aliphatic heterocycles. The molecule has 0 radical (unpaired) electrons. The first-order chi connectivity index (χ1) is 9.49. The summed E-state index contributed by atoms with van der Waals surface area (Å²) in [6.45, 7) is 2.78. The number of rotatable bonds is 6. The zero-order chi connectivity index (χ0) is 14.6. The number of sulfonamides is 1. The van der Waals surface area contributed by atoms with Gasteiger partial charge >= 0.3 is 0 Å². The SMILES string of the molecule is Cc1ccc(S(=O)(=O)NCCCn2ccnn2)c(N)c1. The molecule has 0 fully saturated rings. The number of nitrogens with one attached hydrogen (secondary N) is 1. The van der Waals surface area contributed by atoms with E-state index in [-0.39, 0.29) is 10.6 Å². The van der Waals surface area contributed by atoms with Gasteiger partial charge in [0.05, 0.1) is 11.9 Å². The van der Waals surface area contributed by atoms with Gasteiger partial charge in [-0.25, -0.2) is 13.1 Å². The molecule has 0 aliphatic rings. The van der Waals surface area contributed by atoms with Crippen LogP contribution in [0.15, 0.2) is 35.5 Å². The first-order valence-electron chi connectivity index (χ1n) is 6.19. The van der Waals surface area contributed by atoms with Gasteiger partial charge in [0.1, 0.15) is 4.90 Å². The van der Waals surface area contributed by atoms with E-state index in [1.165, 1.54) is 6.07 Å². The lowest BCUT2D eigenvalue weighted by Crippen LogP contribution is -2.26. The second-order valence-corrected chi connectivity index (χ2v) is 6.19. The van der Waals surface area contributed by atoms with Crippen molar-refractivity contribution in [1.82, 2.24) is 19.7 Å². The molecular weight excluding hydrogens is 278 g/mol. The van der Waals surface area contributed by atoms with Crippen LogP contribution in [-0.4, -0.2) is 30.0 Å². The maximum absolute atomic E-state index is 12.1. The number of anilines is 1. The van der Waals surface area contributed by atoms with Gasteiger partial charge in [0.2, 0.25) is 10.0 Å². The van der Waals surface area contributed by atoms with Crippen molar-refractivity contribution >= 4 is 15.7 Å². The highest BCUT2D eigenvalue weighted by atomic mass is 32.2. The Balaban J connectivity index is 1.93. The van der Waals surface area contributed by atoms with Gasteiger partial charge in [-0.15, -0.1) is 5.10 Å². The minimum atomic E-state index is -3.57. The Bertz CT molecular complexity index is 667. The molecule has 1 heterocycles. The minimum absolute atomic E-state index is 0.115. The zero-order valence-electron chi connectivity index (χ0n) is 11.2. The van der Waals surface area contributed by atoms with Crippen molar-refractivity contribution in [3.8, 4) is 0 Å². The molecule has 2 aromatic rings. The van der Waals surface area contributed by atoms with Crippen LogP contribution in [0.25, 0.3) is 0 Å². The first kappa shape index (κ1) is 14.5. The van der Waals surface area contributed by atoms with E-state index in [1.807, 2.05) is 6.92 Å². The summed E-state index contributed by atoms with van der Waals surface area (Å²) in [5.41, 5.74) is 6.93. The number of hydrogen-bond donors (Lipinski definition) is 2. The van der Waals surface area contributed by atoms with Crippen LogP contribution in [0.3, 0.4) is 0 Å². The molecule has 0 bridgehead atoms. The Labute approximate surface area is 117 Å². The fourth-order valence-electron chi connectivity index (χ4n) is 1.79. The molecule has 1 aromatic carbocycles. The number of aromatic nitrogens is 3. The number of hydrogen-bond acceptors (Lipinski definition) is 5. The third-order valence-electron chi connectivity index (χ3n) is 2.78. The molecule has 0 unspecified atom stereocenters. The van der Waals surface area contributed by atoms with Crippen molar-refractivity contribution in [1.29, 1.82) is 0 Å². The summed E-state index contributed by atoms with van der Waals surface area (Å²) in [5, 5.41) is 7.48. The number of nitrogens with two attached hydrogens (primary N) is 1. The standard InChI is InChI=1S/C12H17N5O2S/c1-10-3-4-12(11(13)9-10)20(18,19)15-5-2-7-17-8-6-14-16-17/h3-4,6,8-9,15H,2,5,7,13H2,1H3. The molecule has 8 heteroatoms. The molecule has 2 rings (SSSR count). The van der Waals surface area contributed by atoms with E-state index in [9.17, 15) is 8.42 Å². The molecule has 3 N–H and O–H groups in total. The van der Waals surface area contributed by atoms with Gasteiger partial charge in [0.15, 0.2) is 0 Å². The van der Waals surface area contributed by atoms with E-state index in [0.29, 0.717) is 19.5 Å². The molecule has 20 heavy (non-hydrogen) atoms. The zero-order valence-corrected chi connectivity index (χ0v) is 12.0. The predicted octanol–water partition coefficient (Wildman–Crippen LogP) is 0.537. The Hall–Kier alpha value is -1.93. The van der Waals surface area contributed by atoms with Gasteiger partial charge in [-0.3, -0.25) is 4.68 Å². The average Bonchev–Trinajstić information content (AvgIpc) is 2.87. The number of nitrogens with zero attached hydrogens (tertiary/aromatic N) is 3. The predicted molar refractivity (Wildman–Crippen MR) is 75.4 cm³/mol. The highest BCUT2D eigenvalue weighted by Crippen LogP contribution is 2.19. The van der Waals surface area contributed by atoms with E-state index in [2.05, 4.69) is 15.0 Å². The molecule has 0 saturated carbocycles. The maximum atomic E-state index is 12.1. The molecule has 0 spiro atoms. The van der Waals surface area contributed by atoms with Crippen molar-refractivity contribution < 1.29 is 8.42 Å². The van der Waals surface area contributed by atoms with Crippen LogP contribution in [0.2, 0.25) is 0 Å². The number of nitrogen functional groups attached to an aromatic ring is 1. The van der Waals surface area contributed by atoms with Gasteiger partial charge in [0.25, 0.3) is 0 Å². The van der Waals surface area contributed by atoms with Gasteiger partial charge in [-0.2, -0.15) is 0 Å². The average molecular weight is 295 g/mol. The van der Waals surface area contributed by atoms with Crippen LogP contribution in [-0.2, 0) is 16.6 Å². The van der Waals surface area contributed by atoms with Gasteiger partial charge < -0.3 is 5.73 Å².